The fourth-order valence-corrected chi connectivity index (χ4v) is 4.12. The van der Waals surface area contributed by atoms with Crippen LogP contribution >= 0.6 is 44.5 Å². The molecule has 0 saturated carbocycles. The summed E-state index contributed by atoms with van der Waals surface area (Å²) in [5, 5.41) is 13.3. The second-order valence-electron chi connectivity index (χ2n) is 6.58. The van der Waals surface area contributed by atoms with E-state index in [1.807, 2.05) is 19.1 Å². The van der Waals surface area contributed by atoms with E-state index in [1.165, 1.54) is 7.11 Å². The van der Waals surface area contributed by atoms with Crippen molar-refractivity contribution in [3.63, 3.8) is 0 Å². The highest BCUT2D eigenvalue weighted by Crippen LogP contribution is 2.39. The van der Waals surface area contributed by atoms with Crippen LogP contribution in [0.25, 0.3) is 0 Å². The number of phenolic OH excluding ortho intramolecular Hbond substituents is 1. The van der Waals surface area contributed by atoms with Gasteiger partial charge >= 0.3 is 12.1 Å². The maximum Gasteiger partial charge on any atom is 0.412 e. The molecule has 2 atom stereocenters. The molecular weight excluding hydrogens is 554 g/mol. The minimum atomic E-state index is -0.987. The number of thiol groups is 1. The van der Waals surface area contributed by atoms with Crippen LogP contribution < -0.4 is 5.32 Å². The van der Waals surface area contributed by atoms with E-state index in [4.69, 9.17) is 14.2 Å². The predicted molar refractivity (Wildman–Crippen MR) is 128 cm³/mol. The number of amides is 1. The van der Waals surface area contributed by atoms with Crippen LogP contribution in [0.15, 0.2) is 45.3 Å². The normalized spacial score (nSPS) is 12.7. The molecule has 0 fully saturated rings. The molecule has 0 aliphatic rings. The Bertz CT molecular complexity index is 909. The minimum Gasteiger partial charge on any atom is -0.506 e. The van der Waals surface area contributed by atoms with Crippen LogP contribution in [-0.4, -0.2) is 42.7 Å². The summed E-state index contributed by atoms with van der Waals surface area (Å²) in [5.41, 5.74) is 1.94. The molecule has 0 spiro atoms. The third kappa shape index (κ3) is 7.71. The number of anilines is 1. The van der Waals surface area contributed by atoms with Crippen molar-refractivity contribution in [3.05, 3.63) is 56.5 Å². The van der Waals surface area contributed by atoms with E-state index in [0.29, 0.717) is 20.2 Å². The summed E-state index contributed by atoms with van der Waals surface area (Å²) in [6, 6.07) is 10.5. The Hall–Kier alpha value is -1.75. The van der Waals surface area contributed by atoms with E-state index >= 15 is 0 Å². The van der Waals surface area contributed by atoms with Gasteiger partial charge in [0.2, 0.25) is 0 Å². The van der Waals surface area contributed by atoms with Gasteiger partial charge in [-0.1, -0.05) is 33.6 Å². The van der Waals surface area contributed by atoms with E-state index in [0.717, 1.165) is 5.56 Å². The first-order valence-corrected chi connectivity index (χ1v) is 11.5. The first kappa shape index (κ1) is 25.5. The molecule has 2 aromatic carbocycles. The number of halogens is 2. The summed E-state index contributed by atoms with van der Waals surface area (Å²) in [7, 11) is 1.45. The first-order chi connectivity index (χ1) is 14.7. The predicted octanol–water partition coefficient (Wildman–Crippen LogP) is 5.39. The van der Waals surface area contributed by atoms with E-state index in [2.05, 4.69) is 49.8 Å². The van der Waals surface area contributed by atoms with Gasteiger partial charge in [0.15, 0.2) is 6.10 Å². The average Bonchev–Trinajstić information content (AvgIpc) is 2.74. The summed E-state index contributed by atoms with van der Waals surface area (Å²) < 4.78 is 17.3. The number of methoxy groups -OCH3 is 1. The average molecular weight is 577 g/mol. The Morgan fingerprint density at radius 1 is 1.19 bits per heavy atom. The SMILES string of the molecule is CO[C@@H](CCOC(=O)CS)[C@@H](OC(=O)Nc1ccc(C)cc1)c1cc(Br)cc(Br)c1O. The van der Waals surface area contributed by atoms with Crippen molar-refractivity contribution in [2.75, 3.05) is 24.8 Å². The van der Waals surface area contributed by atoms with Crippen molar-refractivity contribution in [2.45, 2.75) is 25.6 Å². The zero-order valence-corrected chi connectivity index (χ0v) is 21.0. The molecule has 0 radical (unpaired) electrons. The lowest BCUT2D eigenvalue weighted by molar-refractivity contribution is -0.141. The Morgan fingerprint density at radius 3 is 2.48 bits per heavy atom. The summed E-state index contributed by atoms with van der Waals surface area (Å²) >= 11 is 10.5. The van der Waals surface area contributed by atoms with E-state index in [9.17, 15) is 14.7 Å². The van der Waals surface area contributed by atoms with Crippen molar-refractivity contribution >= 4 is 62.2 Å². The molecule has 0 unspecified atom stereocenters. The van der Waals surface area contributed by atoms with Gasteiger partial charge in [-0.2, -0.15) is 12.6 Å². The number of ether oxygens (including phenoxy) is 3. The first-order valence-electron chi connectivity index (χ1n) is 9.26. The van der Waals surface area contributed by atoms with E-state index in [-0.39, 0.29) is 24.5 Å². The summed E-state index contributed by atoms with van der Waals surface area (Å²) in [6.07, 6.45) is -2.19. The number of rotatable bonds is 9. The van der Waals surface area contributed by atoms with Gasteiger partial charge in [0.25, 0.3) is 0 Å². The third-order valence-corrected chi connectivity index (χ3v) is 5.65. The highest BCUT2D eigenvalue weighted by Gasteiger charge is 2.31. The highest BCUT2D eigenvalue weighted by molar-refractivity contribution is 9.11. The number of hydrogen-bond acceptors (Lipinski definition) is 7. The molecule has 2 rings (SSSR count). The van der Waals surface area contributed by atoms with Gasteiger partial charge in [0, 0.05) is 29.3 Å². The molecule has 31 heavy (non-hydrogen) atoms. The molecular formula is C21H23Br2NO6S. The van der Waals surface area contributed by atoms with Crippen LogP contribution in [-0.2, 0) is 19.0 Å². The Morgan fingerprint density at radius 2 is 1.87 bits per heavy atom. The highest BCUT2D eigenvalue weighted by atomic mass is 79.9. The van der Waals surface area contributed by atoms with Crippen molar-refractivity contribution in [1.82, 2.24) is 0 Å². The lowest BCUT2D eigenvalue weighted by Gasteiger charge is -2.27. The minimum absolute atomic E-state index is 0.0350. The molecule has 0 aliphatic heterocycles. The summed E-state index contributed by atoms with van der Waals surface area (Å²) in [6.45, 7) is 1.98. The molecule has 0 bridgehead atoms. The molecule has 0 saturated heterocycles. The molecule has 7 nitrogen and oxygen atoms in total. The fraction of sp³-hybridized carbons (Fsp3) is 0.333. The molecule has 1 amide bonds. The topological polar surface area (TPSA) is 94.1 Å². The molecule has 0 heterocycles. The number of carbonyl (C=O) groups excluding carboxylic acids is 2. The second kappa shape index (κ2) is 12.3. The van der Waals surface area contributed by atoms with E-state index in [1.54, 1.807) is 24.3 Å². The Kier molecular flexibility index (Phi) is 10.1. The molecule has 0 aliphatic carbocycles. The standard InChI is InChI=1S/C21H23Br2NO6S/c1-12-3-5-14(6-4-12)24-21(27)30-20(15-9-13(22)10-16(23)19(15)26)17(28-2)7-8-29-18(25)11-31/h3-6,9-10,17,20,26,31H,7-8,11H2,1-2H3,(H,24,27)/t17-,20-/m0/s1. The number of carbonyl (C=O) groups is 2. The van der Waals surface area contributed by atoms with Crippen molar-refractivity contribution in [2.24, 2.45) is 0 Å². The molecule has 2 N–H and O–H groups in total. The number of aromatic hydroxyl groups is 1. The van der Waals surface area contributed by atoms with Crippen LogP contribution in [0.1, 0.15) is 23.7 Å². The number of nitrogens with one attached hydrogen (secondary N) is 1. The molecule has 0 aromatic heterocycles. The van der Waals surface area contributed by atoms with Gasteiger partial charge in [0.1, 0.15) is 11.9 Å². The van der Waals surface area contributed by atoms with Gasteiger partial charge in [-0.05, 0) is 47.1 Å². The van der Waals surface area contributed by atoms with Crippen LogP contribution in [0.5, 0.6) is 5.75 Å². The van der Waals surface area contributed by atoms with E-state index < -0.39 is 24.3 Å². The number of phenols is 1. The second-order valence-corrected chi connectivity index (χ2v) is 8.67. The van der Waals surface area contributed by atoms with Crippen LogP contribution in [0.4, 0.5) is 10.5 Å². The van der Waals surface area contributed by atoms with Crippen LogP contribution in [0, 0.1) is 6.92 Å². The molecule has 10 heteroatoms. The van der Waals surface area contributed by atoms with Crippen LogP contribution in [0.3, 0.4) is 0 Å². The zero-order chi connectivity index (χ0) is 23.0. The van der Waals surface area contributed by atoms with Crippen molar-refractivity contribution in [1.29, 1.82) is 0 Å². The summed E-state index contributed by atoms with van der Waals surface area (Å²) in [5.74, 6) is -0.609. The monoisotopic (exact) mass is 575 g/mol. The number of hydrogen-bond donors (Lipinski definition) is 3. The quantitative estimate of drug-likeness (QED) is 0.273. The number of esters is 1. The lowest BCUT2D eigenvalue weighted by Crippen LogP contribution is -2.29. The lowest BCUT2D eigenvalue weighted by atomic mass is 10.0. The smallest absolute Gasteiger partial charge is 0.412 e. The van der Waals surface area contributed by atoms with Gasteiger partial charge in [-0.3, -0.25) is 10.1 Å². The Balaban J connectivity index is 2.27. The van der Waals surface area contributed by atoms with Gasteiger partial charge in [0.05, 0.1) is 16.8 Å². The third-order valence-electron chi connectivity index (χ3n) is 4.33. The maximum atomic E-state index is 12.6. The van der Waals surface area contributed by atoms with Crippen molar-refractivity contribution in [3.8, 4) is 5.75 Å². The van der Waals surface area contributed by atoms with Crippen molar-refractivity contribution < 1.29 is 28.9 Å². The zero-order valence-electron chi connectivity index (χ0n) is 16.9. The largest absolute Gasteiger partial charge is 0.506 e. The number of benzene rings is 2. The number of aryl methyl sites for hydroxylation is 1. The van der Waals surface area contributed by atoms with Crippen LogP contribution in [0.2, 0.25) is 0 Å². The fourth-order valence-electron chi connectivity index (χ4n) is 2.77. The maximum absolute atomic E-state index is 12.6. The van der Waals surface area contributed by atoms with Gasteiger partial charge in [-0.25, -0.2) is 4.79 Å². The Labute approximate surface area is 203 Å². The summed E-state index contributed by atoms with van der Waals surface area (Å²) in [4.78, 5) is 24.0. The molecule has 168 valence electrons. The molecule has 2 aromatic rings. The van der Waals surface area contributed by atoms with Gasteiger partial charge < -0.3 is 19.3 Å². The van der Waals surface area contributed by atoms with Gasteiger partial charge in [-0.15, -0.1) is 0 Å².